The van der Waals surface area contributed by atoms with Crippen LogP contribution < -0.4 is 10.1 Å². The van der Waals surface area contributed by atoms with Crippen LogP contribution in [0.1, 0.15) is 35.8 Å². The lowest BCUT2D eigenvalue weighted by Crippen LogP contribution is -2.52. The van der Waals surface area contributed by atoms with Crippen molar-refractivity contribution in [3.05, 3.63) is 70.6 Å². The van der Waals surface area contributed by atoms with E-state index in [1.54, 1.807) is 7.11 Å². The molecule has 0 saturated carbocycles. The Hall–Kier alpha value is -1.70. The zero-order valence-electron chi connectivity index (χ0n) is 20.2. The van der Waals surface area contributed by atoms with Crippen molar-refractivity contribution in [2.45, 2.75) is 47.8 Å². The Morgan fingerprint density at radius 1 is 1.09 bits per heavy atom. The van der Waals surface area contributed by atoms with E-state index in [9.17, 15) is 0 Å². The van der Waals surface area contributed by atoms with Gasteiger partial charge < -0.3 is 15.0 Å². The van der Waals surface area contributed by atoms with Gasteiger partial charge in [0, 0.05) is 41.0 Å². The average molecular weight is 551 g/mol. The highest BCUT2D eigenvalue weighted by atomic mass is 35.5. The molecule has 2 aliphatic heterocycles. The number of aryl methyl sites for hydroxylation is 2. The Balaban J connectivity index is 0.00000171. The first kappa shape index (κ1) is 27.9. The molecule has 0 bridgehead atoms. The van der Waals surface area contributed by atoms with Gasteiger partial charge in [0.2, 0.25) is 0 Å². The molecule has 0 radical (unpaired) electrons. The van der Waals surface area contributed by atoms with E-state index < -0.39 is 0 Å². The zero-order chi connectivity index (χ0) is 22.6. The lowest BCUT2D eigenvalue weighted by Gasteiger charge is -2.36. The number of para-hydroxylation sites is 1. The topological polar surface area (TPSA) is 36.9 Å². The van der Waals surface area contributed by atoms with Crippen LogP contribution in [-0.2, 0) is 12.8 Å². The molecule has 0 amide bonds. The largest absolute Gasteiger partial charge is 0.497 e. The number of thiophene rings is 1. The summed E-state index contributed by atoms with van der Waals surface area (Å²) in [4.78, 5) is 10.5. The minimum Gasteiger partial charge on any atom is -0.497 e. The van der Waals surface area contributed by atoms with Crippen LogP contribution >= 0.6 is 47.9 Å². The van der Waals surface area contributed by atoms with Crippen molar-refractivity contribution in [3.8, 4) is 5.75 Å². The zero-order valence-corrected chi connectivity index (χ0v) is 23.4. The van der Waals surface area contributed by atoms with E-state index in [0.717, 1.165) is 56.2 Å². The highest BCUT2D eigenvalue weighted by molar-refractivity contribution is 8.01. The Labute approximate surface area is 229 Å². The second-order valence-corrected chi connectivity index (χ2v) is 11.1. The number of hydrogen-bond acceptors (Lipinski definition) is 6. The molecule has 0 aliphatic carbocycles. The predicted octanol–water partition coefficient (Wildman–Crippen LogP) is 7.00. The van der Waals surface area contributed by atoms with Gasteiger partial charge >= 0.3 is 0 Å². The van der Waals surface area contributed by atoms with Gasteiger partial charge in [0.15, 0.2) is 0 Å². The summed E-state index contributed by atoms with van der Waals surface area (Å²) in [6, 6.07) is 19.9. The molecule has 1 unspecified atom stereocenters. The molecule has 188 valence electrons. The van der Waals surface area contributed by atoms with Crippen molar-refractivity contribution in [2.75, 3.05) is 26.7 Å². The summed E-state index contributed by atoms with van der Waals surface area (Å²) in [7, 11) is 1.72. The number of halogens is 2. The van der Waals surface area contributed by atoms with Crippen LogP contribution in [0, 0.1) is 0 Å². The lowest BCUT2D eigenvalue weighted by atomic mass is 10.0. The number of aliphatic imine (C=N–C) groups is 1. The Bertz CT molecular complexity index is 1130. The molecular weight excluding hydrogens is 517 g/mol. The summed E-state index contributed by atoms with van der Waals surface area (Å²) in [5.74, 6) is 2.07. The molecule has 1 saturated heterocycles. The summed E-state index contributed by atoms with van der Waals surface area (Å²) in [5, 5.41) is 3.74. The first-order valence-electron chi connectivity index (χ1n) is 11.8. The molecule has 1 N–H and O–H groups in total. The van der Waals surface area contributed by atoms with Crippen molar-refractivity contribution >= 4 is 59.4 Å². The second-order valence-electron chi connectivity index (χ2n) is 8.65. The van der Waals surface area contributed by atoms with Gasteiger partial charge in [-0.15, -0.1) is 36.2 Å². The first-order valence-corrected chi connectivity index (χ1v) is 13.5. The van der Waals surface area contributed by atoms with Crippen molar-refractivity contribution in [1.29, 1.82) is 0 Å². The Morgan fingerprint density at radius 2 is 1.89 bits per heavy atom. The number of hydrogen-bond donors (Lipinski definition) is 1. The monoisotopic (exact) mass is 549 g/mol. The lowest BCUT2D eigenvalue weighted by molar-refractivity contribution is 0.282. The SMILES string of the molecule is CCCc1cc2c(s1)Sc1ccccc1N=C2N1CCNC(CCc2ccc(OC)cc2)C1.Cl.Cl. The molecule has 3 heterocycles. The maximum atomic E-state index is 5.29. The van der Waals surface area contributed by atoms with E-state index in [1.807, 2.05) is 23.1 Å². The van der Waals surface area contributed by atoms with Gasteiger partial charge in [0.1, 0.15) is 11.6 Å². The summed E-state index contributed by atoms with van der Waals surface area (Å²) in [5.41, 5.74) is 3.77. The number of amidine groups is 1. The fourth-order valence-electron chi connectivity index (χ4n) is 4.52. The van der Waals surface area contributed by atoms with E-state index in [2.05, 4.69) is 71.7 Å². The molecule has 0 spiro atoms. The van der Waals surface area contributed by atoms with E-state index in [-0.39, 0.29) is 24.8 Å². The van der Waals surface area contributed by atoms with Gasteiger partial charge in [-0.3, -0.25) is 0 Å². The molecule has 2 aromatic carbocycles. The maximum absolute atomic E-state index is 5.29. The fraction of sp³-hybridized carbons (Fsp3) is 0.370. The van der Waals surface area contributed by atoms with Gasteiger partial charge in [0.05, 0.1) is 17.0 Å². The highest BCUT2D eigenvalue weighted by Crippen LogP contribution is 2.44. The van der Waals surface area contributed by atoms with Gasteiger partial charge in [0.25, 0.3) is 0 Å². The number of benzene rings is 2. The van der Waals surface area contributed by atoms with Crippen LogP contribution in [-0.4, -0.2) is 43.5 Å². The minimum absolute atomic E-state index is 0. The highest BCUT2D eigenvalue weighted by Gasteiger charge is 2.28. The van der Waals surface area contributed by atoms with Crippen LogP contribution in [0.2, 0.25) is 0 Å². The van der Waals surface area contributed by atoms with Crippen molar-refractivity contribution in [2.24, 2.45) is 4.99 Å². The van der Waals surface area contributed by atoms with Crippen molar-refractivity contribution in [1.82, 2.24) is 10.2 Å². The van der Waals surface area contributed by atoms with Crippen LogP contribution in [0.4, 0.5) is 5.69 Å². The number of nitrogens with zero attached hydrogens (tertiary/aromatic N) is 2. The average Bonchev–Trinajstić information content (AvgIpc) is 3.17. The van der Waals surface area contributed by atoms with Crippen molar-refractivity contribution < 1.29 is 4.74 Å². The summed E-state index contributed by atoms with van der Waals surface area (Å²) < 4.78 is 6.68. The summed E-state index contributed by atoms with van der Waals surface area (Å²) >= 11 is 3.83. The van der Waals surface area contributed by atoms with Crippen LogP contribution in [0.3, 0.4) is 0 Å². The van der Waals surface area contributed by atoms with E-state index in [0.29, 0.717) is 6.04 Å². The number of fused-ring (bicyclic) bond motifs is 2. The molecule has 35 heavy (non-hydrogen) atoms. The molecule has 5 rings (SSSR count). The molecule has 1 fully saturated rings. The van der Waals surface area contributed by atoms with Gasteiger partial charge in [-0.25, -0.2) is 4.99 Å². The van der Waals surface area contributed by atoms with Gasteiger partial charge in [-0.2, -0.15) is 0 Å². The fourth-order valence-corrected chi connectivity index (χ4v) is 7.08. The van der Waals surface area contributed by atoms with E-state index >= 15 is 0 Å². The quantitative estimate of drug-likeness (QED) is 0.359. The summed E-state index contributed by atoms with van der Waals surface area (Å²) in [6.07, 6.45) is 4.48. The molecule has 2 aliphatic rings. The number of nitrogens with one attached hydrogen (secondary N) is 1. The number of ether oxygens (including phenoxy) is 1. The standard InChI is InChI=1S/C27H31N3OS2.2ClH/c1-3-6-22-17-23-26(29-24-7-4-5-8-25(24)33-27(23)32-22)30-16-15-28-20(18-30)12-9-19-10-13-21(31-2)14-11-19;;/h4-5,7-8,10-11,13-14,17,20,28H,3,6,9,12,15-16,18H2,1-2H3;2*1H. The van der Waals surface area contributed by atoms with Crippen LogP contribution in [0.5, 0.6) is 5.75 Å². The number of piperazine rings is 1. The van der Waals surface area contributed by atoms with Crippen LogP contribution in [0.25, 0.3) is 0 Å². The summed E-state index contributed by atoms with van der Waals surface area (Å²) in [6.45, 7) is 5.22. The maximum Gasteiger partial charge on any atom is 0.138 e. The number of rotatable bonds is 6. The predicted molar refractivity (Wildman–Crippen MR) is 154 cm³/mol. The molecule has 1 aromatic heterocycles. The minimum atomic E-state index is 0. The Morgan fingerprint density at radius 3 is 2.66 bits per heavy atom. The normalized spacial score (nSPS) is 16.7. The molecular formula is C27H33Cl2N3OS2. The second kappa shape index (κ2) is 13.0. The number of methoxy groups -OCH3 is 1. The molecule has 1 atom stereocenters. The molecule has 8 heteroatoms. The third kappa shape index (κ3) is 6.55. The van der Waals surface area contributed by atoms with Gasteiger partial charge in [-0.1, -0.05) is 49.4 Å². The molecule has 3 aromatic rings. The van der Waals surface area contributed by atoms with Crippen molar-refractivity contribution in [3.63, 3.8) is 0 Å². The third-order valence-electron chi connectivity index (χ3n) is 6.28. The van der Waals surface area contributed by atoms with E-state index in [4.69, 9.17) is 9.73 Å². The van der Waals surface area contributed by atoms with Gasteiger partial charge in [-0.05, 0) is 55.2 Å². The third-order valence-corrected chi connectivity index (χ3v) is 8.74. The smallest absolute Gasteiger partial charge is 0.138 e. The molecule has 4 nitrogen and oxygen atoms in total. The van der Waals surface area contributed by atoms with Crippen LogP contribution in [0.15, 0.2) is 68.7 Å². The van der Waals surface area contributed by atoms with E-state index in [1.165, 1.54) is 31.5 Å². The Kier molecular flexibility index (Phi) is 10.4. The first-order chi connectivity index (χ1) is 16.2.